The van der Waals surface area contributed by atoms with Crippen LogP contribution in [0.3, 0.4) is 0 Å². The van der Waals surface area contributed by atoms with Crippen LogP contribution < -0.4 is 0 Å². The number of unbranched alkanes of at least 4 members (excludes halogenated alkanes) is 3. The normalized spacial score (nSPS) is 18.7. The first-order valence-electron chi connectivity index (χ1n) is 10.5. The van der Waals surface area contributed by atoms with Crippen LogP contribution in [-0.4, -0.2) is 47.7 Å². The second-order valence-electron chi connectivity index (χ2n) is 7.55. The molecule has 1 aliphatic heterocycles. The number of hydrogen-bond donors (Lipinski definition) is 1. The van der Waals surface area contributed by atoms with Gasteiger partial charge in [0.25, 0.3) is 0 Å². The van der Waals surface area contributed by atoms with E-state index in [1.165, 1.54) is 7.11 Å². The lowest BCUT2D eigenvalue weighted by atomic mass is 9.95. The Morgan fingerprint density at radius 3 is 2.74 bits per heavy atom. The lowest BCUT2D eigenvalue weighted by Gasteiger charge is -2.26. The van der Waals surface area contributed by atoms with Crippen molar-refractivity contribution < 1.29 is 19.4 Å². The van der Waals surface area contributed by atoms with Crippen LogP contribution in [0.2, 0.25) is 0 Å². The summed E-state index contributed by atoms with van der Waals surface area (Å²) in [7, 11) is 1.41. The van der Waals surface area contributed by atoms with Gasteiger partial charge >= 0.3 is 5.97 Å². The van der Waals surface area contributed by atoms with E-state index in [9.17, 15) is 14.7 Å². The van der Waals surface area contributed by atoms with Crippen LogP contribution in [0, 0.1) is 17.8 Å². The maximum absolute atomic E-state index is 12.2. The van der Waals surface area contributed by atoms with Gasteiger partial charge in [-0.15, -0.1) is 11.8 Å². The van der Waals surface area contributed by atoms with E-state index < -0.39 is 0 Å². The van der Waals surface area contributed by atoms with Crippen LogP contribution in [0.5, 0.6) is 0 Å². The van der Waals surface area contributed by atoms with Crippen LogP contribution in [-0.2, 0) is 14.3 Å². The Hall–Kier alpha value is -1.54. The highest BCUT2D eigenvalue weighted by molar-refractivity contribution is 5.78. The predicted molar refractivity (Wildman–Crippen MR) is 107 cm³/mol. The molecule has 0 radical (unpaired) electrons. The molecule has 0 aromatic heterocycles. The minimum atomic E-state index is -0.355. The molecule has 1 saturated heterocycles. The Morgan fingerprint density at radius 1 is 1.30 bits per heavy atom. The van der Waals surface area contributed by atoms with E-state index in [1.807, 2.05) is 18.7 Å². The SMILES string of the molecule is CCC#CCC(C)C(O)CCC1CCC(=O)N1CCCCCCC(=O)OC. The zero-order valence-electron chi connectivity index (χ0n) is 17.3. The number of nitrogens with zero attached hydrogens (tertiary/aromatic N) is 1. The molecule has 0 aromatic carbocycles. The Labute approximate surface area is 164 Å². The van der Waals surface area contributed by atoms with Gasteiger partial charge in [0.1, 0.15) is 0 Å². The fraction of sp³-hybridized carbons (Fsp3) is 0.818. The number of aliphatic hydroxyl groups excluding tert-OH is 1. The molecule has 1 amide bonds. The van der Waals surface area contributed by atoms with Crippen LogP contribution in [0.15, 0.2) is 0 Å². The van der Waals surface area contributed by atoms with Gasteiger partial charge in [-0.25, -0.2) is 0 Å². The number of methoxy groups -OCH3 is 1. The highest BCUT2D eigenvalue weighted by Crippen LogP contribution is 2.25. The number of esters is 1. The molecule has 0 aromatic rings. The molecule has 1 rings (SSSR count). The van der Waals surface area contributed by atoms with Crippen molar-refractivity contribution in [1.82, 2.24) is 4.90 Å². The van der Waals surface area contributed by atoms with Crippen molar-refractivity contribution in [3.8, 4) is 11.8 Å². The van der Waals surface area contributed by atoms with Crippen molar-refractivity contribution in [2.75, 3.05) is 13.7 Å². The molecule has 3 unspecified atom stereocenters. The molecule has 0 aliphatic carbocycles. The number of ether oxygens (including phenoxy) is 1. The van der Waals surface area contributed by atoms with Crippen molar-refractivity contribution >= 4 is 11.9 Å². The van der Waals surface area contributed by atoms with Gasteiger partial charge in [-0.05, 0) is 38.0 Å². The fourth-order valence-corrected chi connectivity index (χ4v) is 3.55. The van der Waals surface area contributed by atoms with E-state index in [-0.39, 0.29) is 29.9 Å². The molecule has 3 atom stereocenters. The molecule has 5 heteroatoms. The van der Waals surface area contributed by atoms with Crippen LogP contribution in [0.25, 0.3) is 0 Å². The second-order valence-corrected chi connectivity index (χ2v) is 7.55. The first kappa shape index (κ1) is 23.5. The second kappa shape index (κ2) is 13.6. The summed E-state index contributed by atoms with van der Waals surface area (Å²) >= 11 is 0. The molecule has 27 heavy (non-hydrogen) atoms. The third kappa shape index (κ3) is 9.28. The lowest BCUT2D eigenvalue weighted by Crippen LogP contribution is -2.34. The smallest absolute Gasteiger partial charge is 0.305 e. The number of likely N-dealkylation sites (tertiary alicyclic amines) is 1. The molecule has 0 saturated carbocycles. The van der Waals surface area contributed by atoms with Gasteiger partial charge in [0, 0.05) is 38.3 Å². The van der Waals surface area contributed by atoms with Gasteiger partial charge in [0.15, 0.2) is 0 Å². The van der Waals surface area contributed by atoms with Gasteiger partial charge in [0.05, 0.1) is 13.2 Å². The van der Waals surface area contributed by atoms with Crippen molar-refractivity contribution in [1.29, 1.82) is 0 Å². The Bertz CT molecular complexity index is 508. The quantitative estimate of drug-likeness (QED) is 0.319. The Kier molecular flexibility index (Phi) is 11.8. The lowest BCUT2D eigenvalue weighted by molar-refractivity contribution is -0.140. The molecule has 5 nitrogen and oxygen atoms in total. The topological polar surface area (TPSA) is 66.8 Å². The molecule has 154 valence electrons. The maximum atomic E-state index is 12.2. The minimum absolute atomic E-state index is 0.154. The summed E-state index contributed by atoms with van der Waals surface area (Å²) in [6, 6.07) is 0.260. The summed E-state index contributed by atoms with van der Waals surface area (Å²) in [4.78, 5) is 25.3. The van der Waals surface area contributed by atoms with Crippen molar-refractivity contribution in [2.24, 2.45) is 5.92 Å². The minimum Gasteiger partial charge on any atom is -0.469 e. The number of rotatable bonds is 12. The molecular weight excluding hydrogens is 342 g/mol. The predicted octanol–water partition coefficient (Wildman–Crippen LogP) is 3.68. The van der Waals surface area contributed by atoms with E-state index in [0.717, 1.165) is 64.3 Å². The molecule has 1 heterocycles. The summed E-state index contributed by atoms with van der Waals surface area (Å²) in [5, 5.41) is 10.4. The standard InChI is InChI=1S/C22H37NO4/c1-4-5-8-11-18(2)20(24)15-13-19-14-16-21(25)23(19)17-10-7-6-9-12-22(26)27-3/h18-20,24H,4,6-7,9-17H2,1-3H3. The number of aliphatic hydroxyl groups is 1. The van der Waals surface area contributed by atoms with Gasteiger partial charge in [-0.3, -0.25) is 9.59 Å². The van der Waals surface area contributed by atoms with E-state index in [0.29, 0.717) is 12.8 Å². The van der Waals surface area contributed by atoms with Crippen molar-refractivity contribution in [3.05, 3.63) is 0 Å². The Balaban J connectivity index is 2.27. The first-order chi connectivity index (χ1) is 13.0. The largest absolute Gasteiger partial charge is 0.469 e. The number of carbonyl (C=O) groups is 2. The van der Waals surface area contributed by atoms with Gasteiger partial charge in [-0.1, -0.05) is 26.7 Å². The Morgan fingerprint density at radius 2 is 2.04 bits per heavy atom. The molecular formula is C22H37NO4. The highest BCUT2D eigenvalue weighted by Gasteiger charge is 2.30. The molecule has 1 fully saturated rings. The molecule has 1 N–H and O–H groups in total. The average molecular weight is 380 g/mol. The zero-order valence-corrected chi connectivity index (χ0v) is 17.3. The third-order valence-electron chi connectivity index (χ3n) is 5.39. The summed E-state index contributed by atoms with van der Waals surface area (Å²) in [6.45, 7) is 4.86. The van der Waals surface area contributed by atoms with E-state index >= 15 is 0 Å². The number of amides is 1. The van der Waals surface area contributed by atoms with Crippen LogP contribution >= 0.6 is 0 Å². The summed E-state index contributed by atoms with van der Waals surface area (Å²) in [5.41, 5.74) is 0. The van der Waals surface area contributed by atoms with Crippen LogP contribution in [0.4, 0.5) is 0 Å². The van der Waals surface area contributed by atoms with E-state index in [4.69, 9.17) is 0 Å². The van der Waals surface area contributed by atoms with E-state index in [1.54, 1.807) is 0 Å². The van der Waals surface area contributed by atoms with Gasteiger partial charge in [-0.2, -0.15) is 0 Å². The van der Waals surface area contributed by atoms with Crippen LogP contribution in [0.1, 0.15) is 84.5 Å². The summed E-state index contributed by atoms with van der Waals surface area (Å²) in [6.07, 6.45) is 8.62. The van der Waals surface area contributed by atoms with Gasteiger partial charge in [0.2, 0.25) is 5.91 Å². The monoisotopic (exact) mass is 379 g/mol. The molecule has 0 spiro atoms. The maximum Gasteiger partial charge on any atom is 0.305 e. The molecule has 0 bridgehead atoms. The fourth-order valence-electron chi connectivity index (χ4n) is 3.55. The summed E-state index contributed by atoms with van der Waals surface area (Å²) < 4.78 is 4.64. The van der Waals surface area contributed by atoms with E-state index in [2.05, 4.69) is 16.6 Å². The average Bonchev–Trinajstić information content (AvgIpc) is 3.02. The molecule has 1 aliphatic rings. The highest BCUT2D eigenvalue weighted by atomic mass is 16.5. The first-order valence-corrected chi connectivity index (χ1v) is 10.5. The van der Waals surface area contributed by atoms with Crippen molar-refractivity contribution in [2.45, 2.75) is 96.6 Å². The zero-order chi connectivity index (χ0) is 20.1. The van der Waals surface area contributed by atoms with Gasteiger partial charge < -0.3 is 14.7 Å². The van der Waals surface area contributed by atoms with Crippen molar-refractivity contribution in [3.63, 3.8) is 0 Å². The third-order valence-corrected chi connectivity index (χ3v) is 5.39. The number of carbonyl (C=O) groups excluding carboxylic acids is 2. The summed E-state index contributed by atoms with van der Waals surface area (Å²) in [5.74, 6) is 6.42. The number of hydrogen-bond acceptors (Lipinski definition) is 4.